The monoisotopic (exact) mass is 217 g/mol. The number of anilines is 1. The van der Waals surface area contributed by atoms with E-state index in [4.69, 9.17) is 16.3 Å². The second kappa shape index (κ2) is 4.32. The maximum absolute atomic E-state index is 11.2. The van der Waals surface area contributed by atoms with Gasteiger partial charge < -0.3 is 4.74 Å². The predicted octanol–water partition coefficient (Wildman–Crippen LogP) is 2.03. The van der Waals surface area contributed by atoms with Crippen molar-refractivity contribution in [2.75, 3.05) is 5.32 Å². The third kappa shape index (κ3) is 2.92. The quantitative estimate of drug-likeness (QED) is 0.825. The molecule has 5 nitrogen and oxygen atoms in total. The van der Waals surface area contributed by atoms with Crippen molar-refractivity contribution >= 4 is 23.5 Å². The first-order valence-electron chi connectivity index (χ1n) is 4.16. The summed E-state index contributed by atoms with van der Waals surface area (Å²) in [5.41, 5.74) is 0. The first-order chi connectivity index (χ1) is 6.49. The van der Waals surface area contributed by atoms with Crippen LogP contribution in [-0.2, 0) is 11.8 Å². The van der Waals surface area contributed by atoms with Gasteiger partial charge in [-0.2, -0.15) is 5.10 Å². The molecule has 1 heterocycles. The lowest BCUT2D eigenvalue weighted by atomic mass is 10.5. The topological polar surface area (TPSA) is 56.1 Å². The van der Waals surface area contributed by atoms with Gasteiger partial charge in [-0.1, -0.05) is 11.6 Å². The van der Waals surface area contributed by atoms with Gasteiger partial charge in [-0.15, -0.1) is 0 Å². The molecule has 78 valence electrons. The molecule has 14 heavy (non-hydrogen) atoms. The highest BCUT2D eigenvalue weighted by atomic mass is 35.5. The third-order valence-corrected chi connectivity index (χ3v) is 1.61. The molecule has 0 fully saturated rings. The molecule has 1 rings (SSSR count). The van der Waals surface area contributed by atoms with Crippen molar-refractivity contribution in [1.82, 2.24) is 9.78 Å². The second-order valence-corrected chi connectivity index (χ2v) is 3.44. The molecule has 0 aliphatic carbocycles. The standard InChI is InChI=1S/C8H12ClN3O2/c1-5(2)14-8(13)10-7-4-6(9)11-12(7)3/h4-5H,1-3H3,(H,10,13). The molecule has 1 amide bonds. The molecular formula is C8H12ClN3O2. The lowest BCUT2D eigenvalue weighted by Crippen LogP contribution is -2.19. The van der Waals surface area contributed by atoms with E-state index in [1.54, 1.807) is 27.0 Å². The number of ether oxygens (including phenoxy) is 1. The van der Waals surface area contributed by atoms with Crippen molar-refractivity contribution in [2.45, 2.75) is 20.0 Å². The normalized spacial score (nSPS) is 10.4. The van der Waals surface area contributed by atoms with E-state index >= 15 is 0 Å². The minimum absolute atomic E-state index is 0.154. The molecule has 0 saturated heterocycles. The number of amides is 1. The van der Waals surface area contributed by atoms with Crippen molar-refractivity contribution in [3.8, 4) is 0 Å². The molecule has 6 heteroatoms. The number of aryl methyl sites for hydroxylation is 1. The number of nitrogens with one attached hydrogen (secondary N) is 1. The van der Waals surface area contributed by atoms with Crippen LogP contribution in [0.15, 0.2) is 6.07 Å². The van der Waals surface area contributed by atoms with Crippen LogP contribution in [0.25, 0.3) is 0 Å². The average molecular weight is 218 g/mol. The molecule has 0 saturated carbocycles. The van der Waals surface area contributed by atoms with Gasteiger partial charge in [0.15, 0.2) is 5.15 Å². The Balaban J connectivity index is 2.60. The van der Waals surface area contributed by atoms with Crippen molar-refractivity contribution in [3.63, 3.8) is 0 Å². The number of nitrogens with zero attached hydrogens (tertiary/aromatic N) is 2. The zero-order chi connectivity index (χ0) is 10.7. The highest BCUT2D eigenvalue weighted by molar-refractivity contribution is 6.29. The molecule has 0 aromatic carbocycles. The van der Waals surface area contributed by atoms with E-state index in [0.29, 0.717) is 11.0 Å². The molecule has 0 aliphatic rings. The first-order valence-corrected chi connectivity index (χ1v) is 4.54. The SMILES string of the molecule is CC(C)OC(=O)Nc1cc(Cl)nn1C. The first kappa shape index (κ1) is 10.8. The lowest BCUT2D eigenvalue weighted by Gasteiger charge is -2.08. The van der Waals surface area contributed by atoms with Crippen LogP contribution < -0.4 is 5.32 Å². The molecule has 0 spiro atoms. The number of carbonyl (C=O) groups excluding carboxylic acids is 1. The Morgan fingerprint density at radius 2 is 2.36 bits per heavy atom. The summed E-state index contributed by atoms with van der Waals surface area (Å²) in [5.74, 6) is 0.501. The molecule has 1 N–H and O–H groups in total. The summed E-state index contributed by atoms with van der Waals surface area (Å²) < 4.78 is 6.35. The number of rotatable bonds is 2. The van der Waals surface area contributed by atoms with Gasteiger partial charge in [0.05, 0.1) is 6.10 Å². The molecule has 1 aromatic heterocycles. The Bertz CT molecular complexity index is 335. The van der Waals surface area contributed by atoms with Gasteiger partial charge in [0.25, 0.3) is 0 Å². The van der Waals surface area contributed by atoms with E-state index in [-0.39, 0.29) is 6.10 Å². The highest BCUT2D eigenvalue weighted by Gasteiger charge is 2.09. The van der Waals surface area contributed by atoms with Crippen LogP contribution in [0.5, 0.6) is 0 Å². The van der Waals surface area contributed by atoms with Crippen molar-refractivity contribution in [1.29, 1.82) is 0 Å². The highest BCUT2D eigenvalue weighted by Crippen LogP contribution is 2.13. The van der Waals surface area contributed by atoms with Crippen LogP contribution >= 0.6 is 11.6 Å². The number of hydrogen-bond acceptors (Lipinski definition) is 3. The third-order valence-electron chi connectivity index (χ3n) is 1.42. The van der Waals surface area contributed by atoms with Gasteiger partial charge >= 0.3 is 6.09 Å². The van der Waals surface area contributed by atoms with Gasteiger partial charge in [-0.3, -0.25) is 10.00 Å². The fourth-order valence-corrected chi connectivity index (χ4v) is 1.11. The van der Waals surface area contributed by atoms with Crippen LogP contribution in [-0.4, -0.2) is 22.0 Å². The summed E-state index contributed by atoms with van der Waals surface area (Å²) in [4.78, 5) is 11.2. The average Bonchev–Trinajstić information content (AvgIpc) is 2.28. The largest absolute Gasteiger partial charge is 0.447 e. The number of aromatic nitrogens is 2. The summed E-state index contributed by atoms with van der Waals surface area (Å²) in [6.07, 6.45) is -0.668. The van der Waals surface area contributed by atoms with E-state index in [1.807, 2.05) is 0 Å². The van der Waals surface area contributed by atoms with Gasteiger partial charge in [0, 0.05) is 13.1 Å². The molecular weight excluding hydrogens is 206 g/mol. The van der Waals surface area contributed by atoms with Crippen LogP contribution in [0, 0.1) is 0 Å². The number of carbonyl (C=O) groups is 1. The second-order valence-electron chi connectivity index (χ2n) is 3.05. The number of hydrogen-bond donors (Lipinski definition) is 1. The minimum atomic E-state index is -0.514. The molecule has 0 atom stereocenters. The molecule has 0 aliphatic heterocycles. The van der Waals surface area contributed by atoms with Crippen molar-refractivity contribution < 1.29 is 9.53 Å². The minimum Gasteiger partial charge on any atom is -0.447 e. The van der Waals surface area contributed by atoms with Gasteiger partial charge in [0.1, 0.15) is 5.82 Å². The maximum Gasteiger partial charge on any atom is 0.413 e. The Kier molecular flexibility index (Phi) is 3.35. The zero-order valence-electron chi connectivity index (χ0n) is 8.24. The van der Waals surface area contributed by atoms with Crippen molar-refractivity contribution in [3.05, 3.63) is 11.2 Å². The van der Waals surface area contributed by atoms with Crippen molar-refractivity contribution in [2.24, 2.45) is 7.05 Å². The Hall–Kier alpha value is -1.23. The molecule has 1 aromatic rings. The summed E-state index contributed by atoms with van der Waals surface area (Å²) in [6, 6.07) is 1.54. The number of halogens is 1. The summed E-state index contributed by atoms with van der Waals surface area (Å²) in [5, 5.41) is 6.70. The fourth-order valence-electron chi connectivity index (χ4n) is 0.897. The predicted molar refractivity (Wildman–Crippen MR) is 53.5 cm³/mol. The van der Waals surface area contributed by atoms with Crippen LogP contribution in [0.4, 0.5) is 10.6 Å². The van der Waals surface area contributed by atoms with E-state index < -0.39 is 6.09 Å². The van der Waals surface area contributed by atoms with E-state index in [0.717, 1.165) is 0 Å². The summed E-state index contributed by atoms with van der Waals surface area (Å²) >= 11 is 5.63. The smallest absolute Gasteiger partial charge is 0.413 e. The molecule has 0 radical (unpaired) electrons. The molecule has 0 unspecified atom stereocenters. The summed E-state index contributed by atoms with van der Waals surface area (Å²) in [6.45, 7) is 3.55. The Morgan fingerprint density at radius 1 is 1.71 bits per heavy atom. The van der Waals surface area contributed by atoms with Crippen LogP contribution in [0.2, 0.25) is 5.15 Å². The lowest BCUT2D eigenvalue weighted by molar-refractivity contribution is 0.129. The van der Waals surface area contributed by atoms with E-state index in [1.165, 1.54) is 4.68 Å². The van der Waals surface area contributed by atoms with E-state index in [9.17, 15) is 4.79 Å². The summed E-state index contributed by atoms with van der Waals surface area (Å²) in [7, 11) is 1.68. The maximum atomic E-state index is 11.2. The zero-order valence-corrected chi connectivity index (χ0v) is 9.00. The Labute approximate surface area is 87.0 Å². The van der Waals surface area contributed by atoms with Gasteiger partial charge in [-0.05, 0) is 13.8 Å². The fraction of sp³-hybridized carbons (Fsp3) is 0.500. The van der Waals surface area contributed by atoms with Crippen LogP contribution in [0.3, 0.4) is 0 Å². The molecule has 0 bridgehead atoms. The Morgan fingerprint density at radius 3 is 2.79 bits per heavy atom. The van der Waals surface area contributed by atoms with Gasteiger partial charge in [-0.25, -0.2) is 4.79 Å². The van der Waals surface area contributed by atoms with E-state index in [2.05, 4.69) is 10.4 Å². The van der Waals surface area contributed by atoms with Gasteiger partial charge in [0.2, 0.25) is 0 Å². The van der Waals surface area contributed by atoms with Crippen LogP contribution in [0.1, 0.15) is 13.8 Å².